The highest BCUT2D eigenvalue weighted by molar-refractivity contribution is 7.91. The number of likely N-dealkylation sites (N-methyl/N-ethyl adjacent to an activating group) is 1. The molecule has 1 heterocycles. The number of carbonyl (C=O) groups excluding carboxylic acids is 1. The molecule has 0 fully saturated rings. The first kappa shape index (κ1) is 20.4. The number of amides is 1. The zero-order valence-corrected chi connectivity index (χ0v) is 17.8. The second-order valence-electron chi connectivity index (χ2n) is 6.65. The number of para-hydroxylation sites is 1. The van der Waals surface area contributed by atoms with Gasteiger partial charge < -0.3 is 4.90 Å². The molecule has 0 spiro atoms. The Morgan fingerprint density at radius 1 is 1.04 bits per heavy atom. The van der Waals surface area contributed by atoms with Crippen molar-refractivity contribution in [1.29, 1.82) is 0 Å². The quantitative estimate of drug-likeness (QED) is 0.590. The molecule has 148 valence electrons. The molecule has 0 radical (unpaired) electrons. The van der Waals surface area contributed by atoms with Crippen LogP contribution < -0.4 is 4.90 Å². The molecule has 1 amide bonds. The van der Waals surface area contributed by atoms with Crippen molar-refractivity contribution >= 4 is 42.4 Å². The predicted octanol–water partition coefficient (Wildman–Crippen LogP) is 3.30. The molecule has 6 nitrogen and oxygen atoms in total. The van der Waals surface area contributed by atoms with Crippen molar-refractivity contribution in [2.75, 3.05) is 37.8 Å². The molecule has 3 rings (SSSR count). The second-order valence-corrected chi connectivity index (χ2v) is 9.94. The zero-order valence-electron chi connectivity index (χ0n) is 16.1. The minimum Gasteiger partial charge on any atom is -0.308 e. The van der Waals surface area contributed by atoms with Crippen LogP contribution in [-0.4, -0.2) is 57.1 Å². The number of thiazole rings is 1. The van der Waals surface area contributed by atoms with Gasteiger partial charge in [-0.05, 0) is 50.5 Å². The van der Waals surface area contributed by atoms with Crippen LogP contribution in [0.3, 0.4) is 0 Å². The van der Waals surface area contributed by atoms with Crippen molar-refractivity contribution in [2.45, 2.75) is 11.8 Å². The summed E-state index contributed by atoms with van der Waals surface area (Å²) in [5.41, 5.74) is 1.29. The summed E-state index contributed by atoms with van der Waals surface area (Å²) in [6, 6.07) is 13.9. The van der Waals surface area contributed by atoms with Crippen molar-refractivity contribution in [3.8, 4) is 0 Å². The summed E-state index contributed by atoms with van der Waals surface area (Å²) in [5, 5.41) is 0.637. The number of benzene rings is 2. The molecule has 0 aliphatic heterocycles. The number of fused-ring (bicyclic) bond motifs is 1. The van der Waals surface area contributed by atoms with Gasteiger partial charge in [0, 0.05) is 18.7 Å². The number of nitrogens with zero attached hydrogens (tertiary/aromatic N) is 3. The maximum absolute atomic E-state index is 13.2. The lowest BCUT2D eigenvalue weighted by atomic mass is 10.2. The average molecular weight is 418 g/mol. The first-order valence-electron chi connectivity index (χ1n) is 8.97. The molecule has 0 saturated carbocycles. The number of rotatable bonds is 7. The smallest absolute Gasteiger partial charge is 0.260 e. The molecule has 0 saturated heterocycles. The lowest BCUT2D eigenvalue weighted by Crippen LogP contribution is -2.36. The molecule has 0 unspecified atom stereocenters. The van der Waals surface area contributed by atoms with E-state index in [2.05, 4.69) is 4.98 Å². The van der Waals surface area contributed by atoms with E-state index in [4.69, 9.17) is 0 Å². The van der Waals surface area contributed by atoms with Crippen molar-refractivity contribution in [3.05, 3.63) is 54.1 Å². The Balaban J connectivity index is 1.94. The lowest BCUT2D eigenvalue weighted by Gasteiger charge is -2.22. The fourth-order valence-corrected chi connectivity index (χ4v) is 4.56. The van der Waals surface area contributed by atoms with Gasteiger partial charge in [0.1, 0.15) is 0 Å². The van der Waals surface area contributed by atoms with Crippen molar-refractivity contribution in [2.24, 2.45) is 0 Å². The second kappa shape index (κ2) is 8.38. The molecule has 2 aromatic carbocycles. The number of carbonyl (C=O) groups is 1. The minimum absolute atomic E-state index is 0.0287. The van der Waals surface area contributed by atoms with Gasteiger partial charge in [-0.3, -0.25) is 9.69 Å². The third kappa shape index (κ3) is 4.40. The summed E-state index contributed by atoms with van der Waals surface area (Å²) >= 11 is 1.47. The normalized spacial score (nSPS) is 11.9. The first-order valence-corrected chi connectivity index (χ1v) is 11.4. The third-order valence-corrected chi connectivity index (χ3v) is 7.18. The molecule has 1 aromatic heterocycles. The van der Waals surface area contributed by atoms with Gasteiger partial charge in [0.15, 0.2) is 15.0 Å². The van der Waals surface area contributed by atoms with E-state index in [0.717, 1.165) is 10.2 Å². The average Bonchev–Trinajstić information content (AvgIpc) is 3.11. The predicted molar refractivity (Wildman–Crippen MR) is 114 cm³/mol. The fourth-order valence-electron chi connectivity index (χ4n) is 2.69. The molecule has 0 aliphatic carbocycles. The van der Waals surface area contributed by atoms with Gasteiger partial charge in [-0.2, -0.15) is 0 Å². The standard InChI is InChI=1S/C20H23N3O3S2/c1-4-28(25,26)16-11-9-15(10-12-16)19(24)23(14-13-22(2)3)20-21-17-7-5-6-8-18(17)27-20/h5-12H,4,13-14H2,1-3H3. The van der Waals surface area contributed by atoms with Gasteiger partial charge in [0.25, 0.3) is 5.91 Å². The molecule has 28 heavy (non-hydrogen) atoms. The third-order valence-electron chi connectivity index (χ3n) is 4.37. The van der Waals surface area contributed by atoms with Gasteiger partial charge in [0.05, 0.1) is 20.9 Å². The van der Waals surface area contributed by atoms with E-state index in [1.807, 2.05) is 43.3 Å². The summed E-state index contributed by atoms with van der Waals surface area (Å²) in [6.45, 7) is 2.77. The first-order chi connectivity index (χ1) is 13.3. The van der Waals surface area contributed by atoms with Crippen LogP contribution in [-0.2, 0) is 9.84 Å². The summed E-state index contributed by atoms with van der Waals surface area (Å²) in [5.74, 6) is -0.164. The van der Waals surface area contributed by atoms with E-state index in [-0.39, 0.29) is 16.6 Å². The largest absolute Gasteiger partial charge is 0.308 e. The van der Waals surface area contributed by atoms with Gasteiger partial charge in [-0.1, -0.05) is 30.4 Å². The maximum atomic E-state index is 13.2. The number of anilines is 1. The van der Waals surface area contributed by atoms with Gasteiger partial charge in [0.2, 0.25) is 0 Å². The van der Waals surface area contributed by atoms with E-state index in [9.17, 15) is 13.2 Å². The minimum atomic E-state index is -3.29. The number of aromatic nitrogens is 1. The van der Waals surface area contributed by atoms with Crippen LogP contribution in [0, 0.1) is 0 Å². The molecular formula is C20H23N3O3S2. The van der Waals surface area contributed by atoms with Crippen LogP contribution in [0.5, 0.6) is 0 Å². The molecule has 0 aliphatic rings. The summed E-state index contributed by atoms with van der Waals surface area (Å²) in [7, 11) is 0.606. The van der Waals surface area contributed by atoms with Crippen molar-refractivity contribution < 1.29 is 13.2 Å². The number of hydrogen-bond acceptors (Lipinski definition) is 6. The van der Waals surface area contributed by atoms with E-state index in [1.165, 1.54) is 23.5 Å². The van der Waals surface area contributed by atoms with E-state index < -0.39 is 9.84 Å². The number of sulfone groups is 1. The van der Waals surface area contributed by atoms with E-state index in [1.54, 1.807) is 24.0 Å². The van der Waals surface area contributed by atoms with Gasteiger partial charge >= 0.3 is 0 Å². The highest BCUT2D eigenvalue weighted by Gasteiger charge is 2.22. The van der Waals surface area contributed by atoms with Gasteiger partial charge in [-0.25, -0.2) is 13.4 Å². The van der Waals surface area contributed by atoms with Crippen LogP contribution in [0.4, 0.5) is 5.13 Å². The Hall–Kier alpha value is -2.29. The fraction of sp³-hybridized carbons (Fsp3) is 0.300. The topological polar surface area (TPSA) is 70.6 Å². The molecule has 3 aromatic rings. The lowest BCUT2D eigenvalue weighted by molar-refractivity contribution is 0.0985. The highest BCUT2D eigenvalue weighted by Crippen LogP contribution is 2.29. The van der Waals surface area contributed by atoms with Crippen LogP contribution in [0.1, 0.15) is 17.3 Å². The molecule has 0 N–H and O–H groups in total. The maximum Gasteiger partial charge on any atom is 0.260 e. The van der Waals surface area contributed by atoms with Crippen LogP contribution >= 0.6 is 11.3 Å². The van der Waals surface area contributed by atoms with Crippen molar-refractivity contribution in [3.63, 3.8) is 0 Å². The Bertz CT molecular complexity index is 1040. The highest BCUT2D eigenvalue weighted by atomic mass is 32.2. The molecule has 0 bridgehead atoms. The summed E-state index contributed by atoms with van der Waals surface area (Å²) in [6.07, 6.45) is 0. The Labute approximate surface area is 169 Å². The Morgan fingerprint density at radius 3 is 2.32 bits per heavy atom. The molecule has 8 heteroatoms. The number of hydrogen-bond donors (Lipinski definition) is 0. The van der Waals surface area contributed by atoms with Crippen LogP contribution in [0.25, 0.3) is 10.2 Å². The SMILES string of the molecule is CCS(=O)(=O)c1ccc(C(=O)N(CCN(C)C)c2nc3ccccc3s2)cc1. The summed E-state index contributed by atoms with van der Waals surface area (Å²) < 4.78 is 25.0. The van der Waals surface area contributed by atoms with E-state index in [0.29, 0.717) is 23.8 Å². The Morgan fingerprint density at radius 2 is 1.71 bits per heavy atom. The van der Waals surface area contributed by atoms with Crippen LogP contribution in [0.2, 0.25) is 0 Å². The molecular weight excluding hydrogens is 394 g/mol. The van der Waals surface area contributed by atoms with Crippen LogP contribution in [0.15, 0.2) is 53.4 Å². The Kier molecular flexibility index (Phi) is 6.12. The zero-order chi connectivity index (χ0) is 20.3. The van der Waals surface area contributed by atoms with Gasteiger partial charge in [-0.15, -0.1) is 0 Å². The molecule has 0 atom stereocenters. The van der Waals surface area contributed by atoms with Crippen molar-refractivity contribution in [1.82, 2.24) is 9.88 Å². The monoisotopic (exact) mass is 417 g/mol. The van der Waals surface area contributed by atoms with E-state index >= 15 is 0 Å². The summed E-state index contributed by atoms with van der Waals surface area (Å²) in [4.78, 5) is 21.7.